The SMILES string of the molecule is O=C(COC(=O)C12C[C@@H]3C[C@@H](CC(O)(C3)C1)C2)NC[C@@H]1CCCO1. The molecule has 5 aliphatic rings. The van der Waals surface area contributed by atoms with Crippen LogP contribution < -0.4 is 5.32 Å². The first-order chi connectivity index (χ1) is 11.5. The summed E-state index contributed by atoms with van der Waals surface area (Å²) in [4.78, 5) is 24.6. The second-order valence-corrected chi connectivity index (χ2v) is 8.48. The maximum absolute atomic E-state index is 12.7. The lowest BCUT2D eigenvalue weighted by atomic mass is 9.48. The monoisotopic (exact) mass is 337 g/mol. The molecule has 0 aromatic rings. The minimum Gasteiger partial charge on any atom is -0.455 e. The van der Waals surface area contributed by atoms with Crippen molar-refractivity contribution >= 4 is 11.9 Å². The Morgan fingerprint density at radius 1 is 1.21 bits per heavy atom. The molecule has 0 aromatic carbocycles. The normalized spacial score (nSPS) is 43.0. The lowest BCUT2D eigenvalue weighted by Gasteiger charge is -2.58. The van der Waals surface area contributed by atoms with Crippen molar-refractivity contribution in [2.75, 3.05) is 19.8 Å². The molecule has 0 radical (unpaired) electrons. The number of aliphatic hydroxyl groups is 1. The summed E-state index contributed by atoms with van der Waals surface area (Å²) in [5, 5.41) is 13.5. The van der Waals surface area contributed by atoms with Crippen LogP contribution in [-0.2, 0) is 19.1 Å². The molecule has 1 amide bonds. The van der Waals surface area contributed by atoms with Crippen molar-refractivity contribution < 1.29 is 24.2 Å². The van der Waals surface area contributed by atoms with Crippen LogP contribution in [0.25, 0.3) is 0 Å². The Morgan fingerprint density at radius 3 is 2.58 bits per heavy atom. The minimum absolute atomic E-state index is 0.0852. The number of ether oxygens (including phenoxy) is 2. The van der Waals surface area contributed by atoms with Gasteiger partial charge in [0, 0.05) is 13.2 Å². The number of hydrogen-bond donors (Lipinski definition) is 2. The van der Waals surface area contributed by atoms with Gasteiger partial charge in [-0.2, -0.15) is 0 Å². The van der Waals surface area contributed by atoms with Gasteiger partial charge in [-0.15, -0.1) is 0 Å². The van der Waals surface area contributed by atoms with E-state index in [4.69, 9.17) is 9.47 Å². The quantitative estimate of drug-likeness (QED) is 0.735. The molecule has 134 valence electrons. The first-order valence-electron chi connectivity index (χ1n) is 9.24. The highest BCUT2D eigenvalue weighted by atomic mass is 16.5. The third-order valence-corrected chi connectivity index (χ3v) is 6.35. The zero-order chi connectivity index (χ0) is 16.8. The average Bonchev–Trinajstić information content (AvgIpc) is 3.01. The van der Waals surface area contributed by atoms with Gasteiger partial charge in [-0.1, -0.05) is 0 Å². The molecule has 4 bridgehead atoms. The maximum atomic E-state index is 12.7. The van der Waals surface area contributed by atoms with Crippen molar-refractivity contribution in [3.05, 3.63) is 0 Å². The van der Waals surface area contributed by atoms with E-state index in [0.717, 1.165) is 51.6 Å². The number of carbonyl (C=O) groups excluding carboxylic acids is 2. The Bertz CT molecular complexity index is 514. The van der Waals surface area contributed by atoms with E-state index in [-0.39, 0.29) is 24.6 Å². The molecule has 5 fully saturated rings. The lowest BCUT2D eigenvalue weighted by Crippen LogP contribution is -2.58. The summed E-state index contributed by atoms with van der Waals surface area (Å²) < 4.78 is 10.8. The van der Waals surface area contributed by atoms with Crippen LogP contribution in [0.5, 0.6) is 0 Å². The van der Waals surface area contributed by atoms with E-state index in [2.05, 4.69) is 5.32 Å². The number of esters is 1. The van der Waals surface area contributed by atoms with E-state index in [0.29, 0.717) is 24.8 Å². The van der Waals surface area contributed by atoms with Gasteiger partial charge in [0.2, 0.25) is 0 Å². The van der Waals surface area contributed by atoms with E-state index in [1.54, 1.807) is 0 Å². The summed E-state index contributed by atoms with van der Waals surface area (Å²) in [5.74, 6) is 0.291. The number of hydrogen-bond acceptors (Lipinski definition) is 5. The Labute approximate surface area is 142 Å². The predicted molar refractivity (Wildman–Crippen MR) is 85.0 cm³/mol. The standard InChI is InChI=1S/C18H27NO5/c20-15(19-9-14-2-1-3-23-14)10-24-16(21)17-5-12-4-13(6-17)8-18(22,7-12)11-17/h12-14,22H,1-11H2,(H,19,20)/t12-,13+,14-,17?,18?/m0/s1. The first-order valence-corrected chi connectivity index (χ1v) is 9.24. The summed E-state index contributed by atoms with van der Waals surface area (Å²) >= 11 is 0. The van der Waals surface area contributed by atoms with Gasteiger partial charge in [0.05, 0.1) is 17.1 Å². The van der Waals surface area contributed by atoms with Crippen LogP contribution in [0.1, 0.15) is 51.4 Å². The Balaban J connectivity index is 1.29. The summed E-state index contributed by atoms with van der Waals surface area (Å²) in [5.41, 5.74) is -1.25. The van der Waals surface area contributed by atoms with Crippen LogP contribution in [0.2, 0.25) is 0 Å². The van der Waals surface area contributed by atoms with Crippen molar-refractivity contribution in [1.82, 2.24) is 5.32 Å². The Kier molecular flexibility index (Phi) is 4.07. The second-order valence-electron chi connectivity index (χ2n) is 8.48. The molecule has 2 N–H and O–H groups in total. The molecule has 0 aromatic heterocycles. The molecule has 1 aliphatic heterocycles. The lowest BCUT2D eigenvalue weighted by molar-refractivity contribution is -0.196. The third kappa shape index (κ3) is 3.06. The number of rotatable bonds is 5. The maximum Gasteiger partial charge on any atom is 0.312 e. The second kappa shape index (κ2) is 5.99. The van der Waals surface area contributed by atoms with Gasteiger partial charge in [0.15, 0.2) is 6.61 Å². The van der Waals surface area contributed by atoms with Gasteiger partial charge in [0.25, 0.3) is 5.91 Å². The zero-order valence-electron chi connectivity index (χ0n) is 14.1. The largest absolute Gasteiger partial charge is 0.455 e. The van der Waals surface area contributed by atoms with Crippen molar-refractivity contribution in [3.8, 4) is 0 Å². The molecule has 6 nitrogen and oxygen atoms in total. The van der Waals surface area contributed by atoms with Crippen LogP contribution in [0.4, 0.5) is 0 Å². The topological polar surface area (TPSA) is 84.9 Å². The summed E-state index contributed by atoms with van der Waals surface area (Å²) in [6.07, 6.45) is 6.96. The fraction of sp³-hybridized carbons (Fsp3) is 0.889. The molecule has 1 heterocycles. The first kappa shape index (κ1) is 16.3. The molecule has 2 unspecified atom stereocenters. The molecule has 0 spiro atoms. The smallest absolute Gasteiger partial charge is 0.312 e. The molecule has 6 heteroatoms. The molecule has 5 atom stereocenters. The van der Waals surface area contributed by atoms with Crippen LogP contribution in [0.3, 0.4) is 0 Å². The molecule has 1 saturated heterocycles. The number of amides is 1. The molecule has 4 aliphatic carbocycles. The molecular formula is C18H27NO5. The third-order valence-electron chi connectivity index (χ3n) is 6.35. The van der Waals surface area contributed by atoms with Gasteiger partial charge < -0.3 is 19.9 Å². The van der Waals surface area contributed by atoms with E-state index < -0.39 is 11.0 Å². The fourth-order valence-electron chi connectivity index (χ4n) is 5.82. The number of nitrogens with one attached hydrogen (secondary N) is 1. The minimum atomic E-state index is -0.689. The van der Waals surface area contributed by atoms with Gasteiger partial charge in [-0.05, 0) is 63.2 Å². The van der Waals surface area contributed by atoms with Crippen molar-refractivity contribution in [2.24, 2.45) is 17.3 Å². The fourth-order valence-corrected chi connectivity index (χ4v) is 5.82. The summed E-state index contributed by atoms with van der Waals surface area (Å²) in [6, 6.07) is 0. The average molecular weight is 337 g/mol. The van der Waals surface area contributed by atoms with Crippen LogP contribution in [0, 0.1) is 17.3 Å². The van der Waals surface area contributed by atoms with Crippen molar-refractivity contribution in [3.63, 3.8) is 0 Å². The van der Waals surface area contributed by atoms with Gasteiger partial charge >= 0.3 is 5.97 Å². The van der Waals surface area contributed by atoms with Gasteiger partial charge in [0.1, 0.15) is 0 Å². The van der Waals surface area contributed by atoms with E-state index >= 15 is 0 Å². The van der Waals surface area contributed by atoms with Crippen LogP contribution in [0.15, 0.2) is 0 Å². The van der Waals surface area contributed by atoms with Crippen LogP contribution in [-0.4, -0.2) is 48.4 Å². The van der Waals surface area contributed by atoms with E-state index in [1.165, 1.54) is 0 Å². The highest BCUT2D eigenvalue weighted by molar-refractivity contribution is 5.83. The summed E-state index contributed by atoms with van der Waals surface area (Å²) in [6.45, 7) is 0.996. The molecular weight excluding hydrogens is 310 g/mol. The van der Waals surface area contributed by atoms with Crippen molar-refractivity contribution in [1.29, 1.82) is 0 Å². The van der Waals surface area contributed by atoms with E-state index in [9.17, 15) is 14.7 Å². The Morgan fingerprint density at radius 2 is 1.96 bits per heavy atom. The molecule has 5 rings (SSSR count). The number of carbonyl (C=O) groups is 2. The highest BCUT2D eigenvalue weighted by Crippen LogP contribution is 2.61. The molecule has 4 saturated carbocycles. The van der Waals surface area contributed by atoms with Crippen LogP contribution >= 0.6 is 0 Å². The Hall–Kier alpha value is -1.14. The van der Waals surface area contributed by atoms with Gasteiger partial charge in [-0.25, -0.2) is 0 Å². The zero-order valence-corrected chi connectivity index (χ0v) is 14.1. The predicted octanol–water partition coefficient (Wildman–Crippen LogP) is 1.16. The highest BCUT2D eigenvalue weighted by Gasteiger charge is 2.60. The van der Waals surface area contributed by atoms with E-state index in [1.807, 2.05) is 0 Å². The summed E-state index contributed by atoms with van der Waals surface area (Å²) in [7, 11) is 0. The van der Waals surface area contributed by atoms with Crippen molar-refractivity contribution in [2.45, 2.75) is 63.1 Å². The molecule has 24 heavy (non-hydrogen) atoms. The van der Waals surface area contributed by atoms with Gasteiger partial charge in [-0.3, -0.25) is 9.59 Å².